The molecule has 0 spiro atoms. The van der Waals surface area contributed by atoms with Gasteiger partial charge in [-0.25, -0.2) is 9.97 Å². The molecule has 9 heteroatoms. The Bertz CT molecular complexity index is 1050. The van der Waals surface area contributed by atoms with E-state index in [9.17, 15) is 14.9 Å². The van der Waals surface area contributed by atoms with Crippen LogP contribution in [0.5, 0.6) is 0 Å². The molecule has 0 unspecified atom stereocenters. The number of benzene rings is 2. The van der Waals surface area contributed by atoms with Crippen molar-refractivity contribution in [3.63, 3.8) is 0 Å². The minimum absolute atomic E-state index is 0.0166. The summed E-state index contributed by atoms with van der Waals surface area (Å²) in [7, 11) is 0. The fourth-order valence-electron chi connectivity index (χ4n) is 3.66. The Kier molecular flexibility index (Phi) is 5.69. The Hall–Kier alpha value is -3.75. The smallest absolute Gasteiger partial charge is 0.293 e. The van der Waals surface area contributed by atoms with Crippen LogP contribution in [0.15, 0.2) is 48.8 Å². The number of hydrogen-bond donors (Lipinski definition) is 1. The summed E-state index contributed by atoms with van der Waals surface area (Å²) in [5.41, 5.74) is 2.38. The van der Waals surface area contributed by atoms with Gasteiger partial charge in [-0.2, -0.15) is 0 Å². The molecule has 0 aliphatic carbocycles. The summed E-state index contributed by atoms with van der Waals surface area (Å²) in [6.45, 7) is 2.81. The fraction of sp³-hybridized carbons (Fsp3) is 0.286. The van der Waals surface area contributed by atoms with E-state index in [1.54, 1.807) is 17.0 Å². The number of nitrogens with one attached hydrogen (secondary N) is 1. The molecule has 3 aromatic rings. The number of rotatable bonds is 7. The highest BCUT2D eigenvalue weighted by Gasteiger charge is 2.25. The van der Waals surface area contributed by atoms with E-state index < -0.39 is 0 Å². The van der Waals surface area contributed by atoms with E-state index in [4.69, 9.17) is 0 Å². The number of carbonyl (C=O) groups excluding carboxylic acids is 1. The van der Waals surface area contributed by atoms with Crippen molar-refractivity contribution in [3.05, 3.63) is 64.5 Å². The second kappa shape index (κ2) is 8.73. The van der Waals surface area contributed by atoms with Crippen LogP contribution < -0.4 is 10.2 Å². The number of aromatic nitrogens is 2. The molecule has 1 amide bonds. The lowest BCUT2D eigenvalue weighted by Crippen LogP contribution is -2.45. The van der Waals surface area contributed by atoms with Gasteiger partial charge in [-0.1, -0.05) is 30.3 Å². The van der Waals surface area contributed by atoms with Gasteiger partial charge in [0.15, 0.2) is 0 Å². The van der Waals surface area contributed by atoms with E-state index >= 15 is 0 Å². The van der Waals surface area contributed by atoms with Crippen molar-refractivity contribution in [1.82, 2.24) is 14.9 Å². The van der Waals surface area contributed by atoms with E-state index in [0.29, 0.717) is 55.1 Å². The molecule has 1 saturated heterocycles. The van der Waals surface area contributed by atoms with Crippen molar-refractivity contribution in [3.8, 4) is 0 Å². The fourth-order valence-corrected chi connectivity index (χ4v) is 3.66. The average Bonchev–Trinajstić information content (AvgIpc) is 2.79. The van der Waals surface area contributed by atoms with E-state index in [-0.39, 0.29) is 10.6 Å². The van der Waals surface area contributed by atoms with Gasteiger partial charge < -0.3 is 15.1 Å². The number of hydrogen-bond acceptors (Lipinski definition) is 7. The molecule has 1 aliphatic heterocycles. The van der Waals surface area contributed by atoms with E-state index in [0.717, 1.165) is 12.8 Å². The Balaban J connectivity index is 1.60. The van der Waals surface area contributed by atoms with Crippen LogP contribution in [-0.2, 0) is 11.2 Å². The minimum Gasteiger partial charge on any atom is -0.369 e. The largest absolute Gasteiger partial charge is 0.369 e. The topological polar surface area (TPSA) is 104 Å². The zero-order valence-corrected chi connectivity index (χ0v) is 16.4. The summed E-state index contributed by atoms with van der Waals surface area (Å²) in [6.07, 6.45) is 3.09. The number of nitro benzene ring substituents is 1. The Morgan fingerprint density at radius 1 is 1.10 bits per heavy atom. The van der Waals surface area contributed by atoms with Crippen LogP contribution in [0.2, 0.25) is 0 Å². The molecule has 30 heavy (non-hydrogen) atoms. The summed E-state index contributed by atoms with van der Waals surface area (Å²) >= 11 is 0. The normalized spacial score (nSPS) is 14.0. The van der Waals surface area contributed by atoms with Crippen molar-refractivity contribution in [2.75, 3.05) is 42.9 Å². The minimum atomic E-state index is -0.373. The third kappa shape index (κ3) is 4.14. The Morgan fingerprint density at radius 3 is 2.57 bits per heavy atom. The van der Waals surface area contributed by atoms with Crippen molar-refractivity contribution in [1.29, 1.82) is 0 Å². The molecule has 1 aliphatic rings. The number of nitro groups is 1. The highest BCUT2D eigenvalue weighted by Crippen LogP contribution is 2.35. The summed E-state index contributed by atoms with van der Waals surface area (Å²) in [5.74, 6) is 0.580. The predicted molar refractivity (Wildman–Crippen MR) is 115 cm³/mol. The van der Waals surface area contributed by atoms with E-state index in [1.807, 2.05) is 23.1 Å². The van der Waals surface area contributed by atoms with Gasteiger partial charge in [0, 0.05) is 44.2 Å². The summed E-state index contributed by atoms with van der Waals surface area (Å²) in [5, 5.41) is 15.7. The average molecular weight is 406 g/mol. The molecule has 0 radical (unpaired) electrons. The van der Waals surface area contributed by atoms with Gasteiger partial charge in [0.05, 0.1) is 10.4 Å². The Labute approximate surface area is 173 Å². The summed E-state index contributed by atoms with van der Waals surface area (Å²) < 4.78 is 0. The number of anilines is 2. The maximum atomic E-state index is 11.8. The maximum Gasteiger partial charge on any atom is 0.293 e. The van der Waals surface area contributed by atoms with Gasteiger partial charge in [-0.05, 0) is 18.1 Å². The SMILES string of the molecule is O=CN1CCN(c2cc3ncnc(NCCc4ccccc4)c3cc2[N+](=O)[O-])CC1. The van der Waals surface area contributed by atoms with Crippen LogP contribution >= 0.6 is 0 Å². The van der Waals surface area contributed by atoms with Crippen LogP contribution in [-0.4, -0.2) is 58.9 Å². The molecule has 0 bridgehead atoms. The molecule has 0 saturated carbocycles. The first-order chi connectivity index (χ1) is 14.7. The zero-order chi connectivity index (χ0) is 20.9. The molecular weight excluding hydrogens is 384 g/mol. The van der Waals surface area contributed by atoms with E-state index in [2.05, 4.69) is 27.4 Å². The molecule has 1 fully saturated rings. The van der Waals surface area contributed by atoms with Crippen LogP contribution in [0.3, 0.4) is 0 Å². The van der Waals surface area contributed by atoms with Crippen molar-refractivity contribution in [2.45, 2.75) is 6.42 Å². The first-order valence-electron chi connectivity index (χ1n) is 9.81. The standard InChI is InChI=1S/C21H22N6O3/c28-15-25-8-10-26(11-9-25)19-13-18-17(12-20(19)27(29)30)21(24-14-23-18)22-7-6-16-4-2-1-3-5-16/h1-5,12-15H,6-11H2,(H,22,23,24). The second-order valence-electron chi connectivity index (χ2n) is 7.13. The Morgan fingerprint density at radius 2 is 1.87 bits per heavy atom. The third-order valence-electron chi connectivity index (χ3n) is 5.28. The summed E-state index contributed by atoms with van der Waals surface area (Å²) in [6, 6.07) is 13.4. The lowest BCUT2D eigenvalue weighted by atomic mass is 10.1. The first kappa shape index (κ1) is 19.6. The quantitative estimate of drug-likeness (QED) is 0.365. The molecule has 9 nitrogen and oxygen atoms in total. The highest BCUT2D eigenvalue weighted by molar-refractivity contribution is 5.94. The van der Waals surface area contributed by atoms with Crippen molar-refractivity contribution in [2.24, 2.45) is 0 Å². The molecule has 4 rings (SSSR count). The lowest BCUT2D eigenvalue weighted by Gasteiger charge is -2.33. The lowest BCUT2D eigenvalue weighted by molar-refractivity contribution is -0.384. The number of amides is 1. The number of nitrogens with zero attached hydrogens (tertiary/aromatic N) is 5. The molecule has 0 atom stereocenters. The van der Waals surface area contributed by atoms with E-state index in [1.165, 1.54) is 11.9 Å². The maximum absolute atomic E-state index is 11.8. The molecule has 2 heterocycles. The molecule has 1 aromatic heterocycles. The summed E-state index contributed by atoms with van der Waals surface area (Å²) in [4.78, 5) is 34.6. The highest BCUT2D eigenvalue weighted by atomic mass is 16.6. The van der Waals surface area contributed by atoms with Gasteiger partial charge in [0.25, 0.3) is 5.69 Å². The van der Waals surface area contributed by atoms with Crippen molar-refractivity contribution >= 4 is 34.5 Å². The molecular formula is C21H22N6O3. The predicted octanol–water partition coefficient (Wildman–Crippen LogP) is 2.47. The number of piperazine rings is 1. The van der Waals surface area contributed by atoms with Gasteiger partial charge in [-0.3, -0.25) is 14.9 Å². The second-order valence-corrected chi connectivity index (χ2v) is 7.13. The zero-order valence-electron chi connectivity index (χ0n) is 16.4. The number of carbonyl (C=O) groups is 1. The van der Waals surface area contributed by atoms with Crippen LogP contribution in [0.1, 0.15) is 5.56 Å². The molecule has 1 N–H and O–H groups in total. The van der Waals surface area contributed by atoms with Gasteiger partial charge >= 0.3 is 0 Å². The number of fused-ring (bicyclic) bond motifs is 1. The van der Waals surface area contributed by atoms with Crippen LogP contribution in [0, 0.1) is 10.1 Å². The van der Waals surface area contributed by atoms with Gasteiger partial charge in [-0.15, -0.1) is 0 Å². The van der Waals surface area contributed by atoms with Crippen LogP contribution in [0.25, 0.3) is 10.9 Å². The van der Waals surface area contributed by atoms with Gasteiger partial charge in [0.1, 0.15) is 17.8 Å². The van der Waals surface area contributed by atoms with Crippen LogP contribution in [0.4, 0.5) is 17.2 Å². The monoisotopic (exact) mass is 406 g/mol. The first-order valence-corrected chi connectivity index (χ1v) is 9.81. The molecule has 2 aromatic carbocycles. The van der Waals surface area contributed by atoms with Crippen molar-refractivity contribution < 1.29 is 9.72 Å². The third-order valence-corrected chi connectivity index (χ3v) is 5.28. The van der Waals surface area contributed by atoms with Gasteiger partial charge in [0.2, 0.25) is 6.41 Å². The molecule has 154 valence electrons.